The Balaban J connectivity index is 0.000000185. The molecule has 0 radical (unpaired) electrons. The molecule has 0 bridgehead atoms. The summed E-state index contributed by atoms with van der Waals surface area (Å²) in [7, 11) is 0. The van der Waals surface area contributed by atoms with Gasteiger partial charge in [-0.15, -0.1) is 0 Å². The molecule has 47 heavy (non-hydrogen) atoms. The first-order chi connectivity index (χ1) is 22.4. The van der Waals surface area contributed by atoms with Crippen molar-refractivity contribution in [3.63, 3.8) is 0 Å². The summed E-state index contributed by atoms with van der Waals surface area (Å²) in [6.07, 6.45) is 5.44. The number of imidazole rings is 2. The number of aryl methyl sites for hydroxylation is 2. The van der Waals surface area contributed by atoms with Crippen LogP contribution in [0.2, 0.25) is 0 Å². The van der Waals surface area contributed by atoms with Crippen molar-refractivity contribution in [3.05, 3.63) is 114 Å². The van der Waals surface area contributed by atoms with E-state index in [2.05, 4.69) is 67.7 Å². The summed E-state index contributed by atoms with van der Waals surface area (Å²) >= 11 is 9.51. The van der Waals surface area contributed by atoms with E-state index in [1.807, 2.05) is 19.9 Å². The molecule has 0 saturated carbocycles. The quantitative estimate of drug-likeness (QED) is 0.171. The molecular formula is C31H20Br3F2N7O4. The highest BCUT2D eigenvalue weighted by molar-refractivity contribution is 9.11. The Hall–Kier alpha value is -4.59. The maximum atomic E-state index is 13.5. The first-order valence-electron chi connectivity index (χ1n) is 13.6. The average molecular weight is 832 g/mol. The van der Waals surface area contributed by atoms with Crippen LogP contribution in [0.3, 0.4) is 0 Å². The minimum Gasteiger partial charge on any atom is -0.506 e. The van der Waals surface area contributed by atoms with E-state index in [9.17, 15) is 28.6 Å². The van der Waals surface area contributed by atoms with Crippen LogP contribution in [0.15, 0.2) is 62.5 Å². The largest absolute Gasteiger partial charge is 0.506 e. The molecule has 4 heterocycles. The first-order valence-corrected chi connectivity index (χ1v) is 16.0. The predicted molar refractivity (Wildman–Crippen MR) is 176 cm³/mol. The SMILES string of the molecule is CCc1c(C(=O)c2cc(Br)c(O)c(Br)c2)nc2ncc(F)cn12.CCc1nc2ncc(F)cn2c1C(=O)c1cc(Br)c(O)c(C#N)c1. The first kappa shape index (κ1) is 33.8. The van der Waals surface area contributed by atoms with Gasteiger partial charge in [0.1, 0.15) is 29.0 Å². The summed E-state index contributed by atoms with van der Waals surface area (Å²) in [6, 6.07) is 7.54. The lowest BCUT2D eigenvalue weighted by Gasteiger charge is -2.06. The van der Waals surface area contributed by atoms with Gasteiger partial charge in [0, 0.05) is 17.3 Å². The zero-order valence-corrected chi connectivity index (χ0v) is 29.0. The lowest BCUT2D eigenvalue weighted by molar-refractivity contribution is 0.102. The standard InChI is InChI=1S/C16H10BrFN4O2.C15H10Br2FN3O2/c1-2-12-13(22-7-10(18)6-20-16(22)21-12)15(24)8-3-9(5-19)14(23)11(17)4-8;1-2-11-12(20-15-19-5-8(18)6-21(11)15)13(22)7-3-9(16)14(23)10(17)4-7/h3-4,6-7,23H,2H2,1H3;3-6,23H,2H2,1H3. The normalized spacial score (nSPS) is 10.9. The molecule has 0 aliphatic heterocycles. The number of phenolic OH excluding ortho intramolecular Hbond substituents is 2. The fourth-order valence-corrected chi connectivity index (χ4v) is 6.35. The number of aromatic hydroxyl groups is 2. The number of nitriles is 1. The molecular weight excluding hydrogens is 812 g/mol. The van der Waals surface area contributed by atoms with Gasteiger partial charge in [-0.1, -0.05) is 13.8 Å². The topological polar surface area (TPSA) is 159 Å². The summed E-state index contributed by atoms with van der Waals surface area (Å²) in [4.78, 5) is 41.9. The highest BCUT2D eigenvalue weighted by Crippen LogP contribution is 2.34. The average Bonchev–Trinajstić information content (AvgIpc) is 3.61. The summed E-state index contributed by atoms with van der Waals surface area (Å²) in [5, 5.41) is 28.6. The number of fused-ring (bicyclic) bond motifs is 2. The molecule has 0 atom stereocenters. The van der Waals surface area contributed by atoms with Gasteiger partial charge in [-0.25, -0.2) is 28.7 Å². The van der Waals surface area contributed by atoms with Crippen LogP contribution in [0.5, 0.6) is 11.5 Å². The van der Waals surface area contributed by atoms with Crippen LogP contribution in [0.1, 0.15) is 62.9 Å². The summed E-state index contributed by atoms with van der Waals surface area (Å²) in [5.74, 6) is -1.61. The van der Waals surface area contributed by atoms with E-state index in [1.165, 1.54) is 39.3 Å². The molecule has 0 spiro atoms. The molecule has 0 amide bonds. The minimum atomic E-state index is -0.596. The van der Waals surface area contributed by atoms with Crippen LogP contribution in [0.4, 0.5) is 8.78 Å². The number of benzene rings is 2. The second kappa shape index (κ2) is 13.6. The number of nitrogens with zero attached hydrogens (tertiary/aromatic N) is 7. The van der Waals surface area contributed by atoms with Crippen LogP contribution in [-0.4, -0.2) is 50.5 Å². The number of aromatic nitrogens is 6. The van der Waals surface area contributed by atoms with Crippen molar-refractivity contribution in [1.29, 1.82) is 5.26 Å². The van der Waals surface area contributed by atoms with Gasteiger partial charge in [-0.05, 0) is 84.9 Å². The fraction of sp³-hybridized carbons (Fsp3) is 0.129. The van der Waals surface area contributed by atoms with Crippen molar-refractivity contribution in [1.82, 2.24) is 28.7 Å². The van der Waals surface area contributed by atoms with Crippen LogP contribution < -0.4 is 0 Å². The second-order valence-corrected chi connectivity index (χ2v) is 12.4. The summed E-state index contributed by atoms with van der Waals surface area (Å²) < 4.78 is 30.7. The van der Waals surface area contributed by atoms with E-state index in [4.69, 9.17) is 5.26 Å². The Labute approximate surface area is 290 Å². The number of halogens is 5. The molecule has 0 unspecified atom stereocenters. The number of ketones is 2. The van der Waals surface area contributed by atoms with Crippen molar-refractivity contribution in [3.8, 4) is 17.6 Å². The predicted octanol–water partition coefficient (Wildman–Crippen LogP) is 6.89. The van der Waals surface area contributed by atoms with E-state index < -0.39 is 17.4 Å². The zero-order valence-electron chi connectivity index (χ0n) is 24.3. The van der Waals surface area contributed by atoms with Crippen LogP contribution in [0.25, 0.3) is 11.6 Å². The summed E-state index contributed by atoms with van der Waals surface area (Å²) in [6.45, 7) is 3.68. The third-order valence-corrected chi connectivity index (χ3v) is 8.71. The summed E-state index contributed by atoms with van der Waals surface area (Å²) in [5.41, 5.74) is 1.94. The van der Waals surface area contributed by atoms with Crippen molar-refractivity contribution in [2.45, 2.75) is 26.7 Å². The van der Waals surface area contributed by atoms with Gasteiger partial charge < -0.3 is 10.2 Å². The maximum absolute atomic E-state index is 13.5. The molecule has 0 saturated heterocycles. The Morgan fingerprint density at radius 3 is 1.89 bits per heavy atom. The molecule has 2 N–H and O–H groups in total. The molecule has 4 aromatic heterocycles. The number of carbonyl (C=O) groups is 2. The van der Waals surface area contributed by atoms with Gasteiger partial charge in [0.25, 0.3) is 0 Å². The maximum Gasteiger partial charge on any atom is 0.234 e. The van der Waals surface area contributed by atoms with Gasteiger partial charge >= 0.3 is 0 Å². The molecule has 0 aliphatic carbocycles. The molecule has 11 nitrogen and oxygen atoms in total. The zero-order chi connectivity index (χ0) is 34.2. The van der Waals surface area contributed by atoms with Crippen LogP contribution in [-0.2, 0) is 12.8 Å². The van der Waals surface area contributed by atoms with E-state index in [-0.39, 0.29) is 55.8 Å². The molecule has 0 aliphatic rings. The monoisotopic (exact) mass is 829 g/mol. The van der Waals surface area contributed by atoms with Gasteiger partial charge in [-0.2, -0.15) is 5.26 Å². The van der Waals surface area contributed by atoms with Crippen LogP contribution in [0, 0.1) is 23.0 Å². The molecule has 6 rings (SSSR count). The number of carbonyl (C=O) groups excluding carboxylic acids is 2. The fourth-order valence-electron chi connectivity index (χ4n) is 4.70. The molecule has 2 aromatic carbocycles. The second-order valence-electron chi connectivity index (χ2n) is 9.82. The Kier molecular flexibility index (Phi) is 9.80. The third kappa shape index (κ3) is 6.51. The number of hydrogen-bond donors (Lipinski definition) is 2. The molecule has 0 fully saturated rings. The van der Waals surface area contributed by atoms with Gasteiger partial charge in [0.2, 0.25) is 23.1 Å². The van der Waals surface area contributed by atoms with Crippen molar-refractivity contribution >= 4 is 70.9 Å². The minimum absolute atomic E-state index is 0.0102. The lowest BCUT2D eigenvalue weighted by atomic mass is 10.0. The molecule has 238 valence electrons. The van der Waals surface area contributed by atoms with E-state index in [0.29, 0.717) is 38.7 Å². The van der Waals surface area contributed by atoms with Crippen molar-refractivity contribution in [2.24, 2.45) is 0 Å². The van der Waals surface area contributed by atoms with E-state index >= 15 is 0 Å². The molecule has 6 aromatic rings. The Bertz CT molecular complexity index is 2260. The Morgan fingerprint density at radius 1 is 0.809 bits per heavy atom. The highest BCUT2D eigenvalue weighted by Gasteiger charge is 2.24. The number of rotatable bonds is 6. The molecule has 16 heteroatoms. The smallest absolute Gasteiger partial charge is 0.234 e. The van der Waals surface area contributed by atoms with Crippen molar-refractivity contribution in [2.75, 3.05) is 0 Å². The number of hydrogen-bond acceptors (Lipinski definition) is 9. The van der Waals surface area contributed by atoms with E-state index in [0.717, 1.165) is 18.6 Å². The highest BCUT2D eigenvalue weighted by atomic mass is 79.9. The van der Waals surface area contributed by atoms with Crippen molar-refractivity contribution < 1.29 is 28.6 Å². The Morgan fingerprint density at radius 2 is 1.34 bits per heavy atom. The van der Waals surface area contributed by atoms with Gasteiger partial charge in [0.05, 0.1) is 49.0 Å². The van der Waals surface area contributed by atoms with Gasteiger partial charge in [-0.3, -0.25) is 18.4 Å². The van der Waals surface area contributed by atoms with Gasteiger partial charge in [0.15, 0.2) is 11.6 Å². The van der Waals surface area contributed by atoms with E-state index in [1.54, 1.807) is 0 Å². The third-order valence-electron chi connectivity index (χ3n) is 6.89. The van der Waals surface area contributed by atoms with Crippen LogP contribution >= 0.6 is 47.8 Å². The number of phenols is 2. The lowest BCUT2D eigenvalue weighted by Crippen LogP contribution is -2.09.